The largest absolute Gasteiger partial charge is 0.389 e. The van der Waals surface area contributed by atoms with Gasteiger partial charge in [-0.1, -0.05) is 0 Å². The smallest absolute Gasteiger partial charge is 0.254 e. The van der Waals surface area contributed by atoms with Gasteiger partial charge in [0.1, 0.15) is 5.03 Å². The van der Waals surface area contributed by atoms with Gasteiger partial charge in [0.25, 0.3) is 5.91 Å². The molecule has 6 heteroatoms. The number of rotatable bonds is 2. The molecule has 5 nitrogen and oxygen atoms in total. The molecule has 14 heavy (non-hydrogen) atoms. The molecule has 0 bridgehead atoms. The second kappa shape index (κ2) is 2.84. The van der Waals surface area contributed by atoms with Crippen LogP contribution in [0.25, 0.3) is 0 Å². The van der Waals surface area contributed by atoms with E-state index in [1.165, 1.54) is 6.08 Å². The molecule has 0 aromatic heterocycles. The SMILES string of the molecule is NC1=C(C(=O)NC2CC2)C=CS1(=O)=O. The molecule has 1 aliphatic carbocycles. The lowest BCUT2D eigenvalue weighted by Crippen LogP contribution is -2.28. The Morgan fingerprint density at radius 2 is 2.14 bits per heavy atom. The molecule has 2 rings (SSSR count). The molecule has 3 N–H and O–H groups in total. The van der Waals surface area contributed by atoms with Crippen LogP contribution in [0.15, 0.2) is 22.1 Å². The van der Waals surface area contributed by atoms with Crippen molar-refractivity contribution in [3.63, 3.8) is 0 Å². The van der Waals surface area contributed by atoms with E-state index in [1.807, 2.05) is 0 Å². The molecule has 1 aliphatic heterocycles. The second-order valence-electron chi connectivity index (χ2n) is 3.37. The lowest BCUT2D eigenvalue weighted by molar-refractivity contribution is -0.117. The first-order valence-electron chi connectivity index (χ1n) is 4.24. The van der Waals surface area contributed by atoms with E-state index in [0.717, 1.165) is 18.2 Å². The fourth-order valence-electron chi connectivity index (χ4n) is 1.14. The molecule has 1 heterocycles. The van der Waals surface area contributed by atoms with Crippen LogP contribution < -0.4 is 11.1 Å². The number of nitrogens with one attached hydrogen (secondary N) is 1. The Balaban J connectivity index is 2.22. The Hall–Kier alpha value is -1.30. The fourth-order valence-corrected chi connectivity index (χ4v) is 2.07. The molecule has 0 aromatic carbocycles. The van der Waals surface area contributed by atoms with Crippen molar-refractivity contribution in [1.29, 1.82) is 0 Å². The number of amides is 1. The van der Waals surface area contributed by atoms with Crippen LogP contribution in [0.4, 0.5) is 0 Å². The predicted octanol–water partition coefficient (Wildman–Crippen LogP) is -0.623. The first-order valence-corrected chi connectivity index (χ1v) is 5.79. The highest BCUT2D eigenvalue weighted by Gasteiger charge is 2.29. The average Bonchev–Trinajstić information content (AvgIpc) is 2.83. The van der Waals surface area contributed by atoms with Crippen molar-refractivity contribution in [2.24, 2.45) is 5.73 Å². The van der Waals surface area contributed by atoms with Crippen molar-refractivity contribution >= 4 is 15.7 Å². The van der Waals surface area contributed by atoms with Crippen molar-refractivity contribution in [3.8, 4) is 0 Å². The Morgan fingerprint density at radius 3 is 2.57 bits per heavy atom. The van der Waals surface area contributed by atoms with Crippen molar-refractivity contribution < 1.29 is 13.2 Å². The van der Waals surface area contributed by atoms with E-state index < -0.39 is 15.7 Å². The van der Waals surface area contributed by atoms with Gasteiger partial charge in [-0.15, -0.1) is 0 Å². The van der Waals surface area contributed by atoms with Crippen LogP contribution >= 0.6 is 0 Å². The van der Waals surface area contributed by atoms with Crippen molar-refractivity contribution in [2.75, 3.05) is 0 Å². The maximum absolute atomic E-state index is 11.4. The van der Waals surface area contributed by atoms with Crippen LogP contribution in [-0.4, -0.2) is 20.4 Å². The second-order valence-corrected chi connectivity index (χ2v) is 5.18. The first kappa shape index (κ1) is 9.26. The maximum Gasteiger partial charge on any atom is 0.254 e. The molecule has 0 atom stereocenters. The maximum atomic E-state index is 11.4. The van der Waals surface area contributed by atoms with E-state index in [-0.39, 0.29) is 16.6 Å². The molecule has 76 valence electrons. The van der Waals surface area contributed by atoms with Crippen LogP contribution in [0, 0.1) is 0 Å². The highest BCUT2D eigenvalue weighted by molar-refractivity contribution is 7.98. The van der Waals surface area contributed by atoms with E-state index in [4.69, 9.17) is 5.73 Å². The molecule has 1 saturated carbocycles. The van der Waals surface area contributed by atoms with Crippen molar-refractivity contribution in [3.05, 3.63) is 22.1 Å². The number of carbonyl (C=O) groups is 1. The number of hydrogen-bond acceptors (Lipinski definition) is 4. The van der Waals surface area contributed by atoms with Gasteiger partial charge in [-0.2, -0.15) is 0 Å². The summed E-state index contributed by atoms with van der Waals surface area (Å²) in [6.45, 7) is 0. The van der Waals surface area contributed by atoms with Gasteiger partial charge in [-0.3, -0.25) is 4.79 Å². The van der Waals surface area contributed by atoms with E-state index in [0.29, 0.717) is 0 Å². The van der Waals surface area contributed by atoms with Crippen LogP contribution in [0.2, 0.25) is 0 Å². The topological polar surface area (TPSA) is 89.3 Å². The average molecular weight is 214 g/mol. The highest BCUT2D eigenvalue weighted by atomic mass is 32.2. The summed E-state index contributed by atoms with van der Waals surface area (Å²) in [5.41, 5.74) is 5.37. The van der Waals surface area contributed by atoms with Crippen LogP contribution in [0.1, 0.15) is 12.8 Å². The molecule has 0 radical (unpaired) electrons. The van der Waals surface area contributed by atoms with Gasteiger partial charge in [-0.25, -0.2) is 8.42 Å². The minimum absolute atomic E-state index is 0.0527. The molecule has 1 fully saturated rings. The quantitative estimate of drug-likeness (QED) is 0.641. The van der Waals surface area contributed by atoms with Gasteiger partial charge in [0.05, 0.1) is 5.57 Å². The Labute approximate surface area is 81.6 Å². The predicted molar refractivity (Wildman–Crippen MR) is 50.4 cm³/mol. The number of nitrogens with two attached hydrogens (primary N) is 1. The van der Waals surface area contributed by atoms with Gasteiger partial charge >= 0.3 is 0 Å². The molecule has 2 aliphatic rings. The zero-order chi connectivity index (χ0) is 10.3. The van der Waals surface area contributed by atoms with E-state index in [1.54, 1.807) is 0 Å². The van der Waals surface area contributed by atoms with E-state index in [2.05, 4.69) is 5.32 Å². The molecular weight excluding hydrogens is 204 g/mol. The highest BCUT2D eigenvalue weighted by Crippen LogP contribution is 2.22. The third kappa shape index (κ3) is 1.52. The van der Waals surface area contributed by atoms with Gasteiger partial charge < -0.3 is 11.1 Å². The van der Waals surface area contributed by atoms with Crippen molar-refractivity contribution in [2.45, 2.75) is 18.9 Å². The summed E-state index contributed by atoms with van der Waals surface area (Å²) >= 11 is 0. The molecule has 1 amide bonds. The summed E-state index contributed by atoms with van der Waals surface area (Å²) in [5.74, 6) is -0.401. The fraction of sp³-hybridized carbons (Fsp3) is 0.375. The van der Waals surface area contributed by atoms with Gasteiger partial charge in [-0.05, 0) is 18.9 Å². The number of sulfone groups is 1. The third-order valence-electron chi connectivity index (χ3n) is 2.14. The summed E-state index contributed by atoms with van der Waals surface area (Å²) in [4.78, 5) is 11.4. The van der Waals surface area contributed by atoms with E-state index >= 15 is 0 Å². The van der Waals surface area contributed by atoms with Gasteiger partial charge in [0.15, 0.2) is 0 Å². The van der Waals surface area contributed by atoms with E-state index in [9.17, 15) is 13.2 Å². The van der Waals surface area contributed by atoms with Crippen LogP contribution in [0.3, 0.4) is 0 Å². The zero-order valence-corrected chi connectivity index (χ0v) is 8.17. The van der Waals surface area contributed by atoms with Crippen LogP contribution in [0.5, 0.6) is 0 Å². The molecule has 0 spiro atoms. The normalized spacial score (nSPS) is 24.0. The third-order valence-corrected chi connectivity index (χ3v) is 3.47. The van der Waals surface area contributed by atoms with Gasteiger partial charge in [0.2, 0.25) is 9.84 Å². The Bertz CT molecular complexity index is 443. The molecule has 0 saturated heterocycles. The Morgan fingerprint density at radius 1 is 1.50 bits per heavy atom. The summed E-state index contributed by atoms with van der Waals surface area (Å²) in [5, 5.41) is 3.27. The minimum Gasteiger partial charge on any atom is -0.389 e. The molecular formula is C8H10N2O3S. The lowest BCUT2D eigenvalue weighted by atomic mass is 10.2. The molecule has 0 unspecified atom stereocenters. The van der Waals surface area contributed by atoms with Crippen LogP contribution in [-0.2, 0) is 14.6 Å². The number of hydrogen-bond donors (Lipinski definition) is 2. The lowest BCUT2D eigenvalue weighted by Gasteiger charge is -2.02. The standard InChI is InChI=1S/C8H10N2O3S/c9-7-6(3-4-14(7,12)13)8(11)10-5-1-2-5/h3-5H,1-2,9H2,(H,10,11). The summed E-state index contributed by atoms with van der Waals surface area (Å²) in [6.07, 6.45) is 3.15. The minimum atomic E-state index is -3.52. The summed E-state index contributed by atoms with van der Waals surface area (Å²) in [7, 11) is -3.52. The summed E-state index contributed by atoms with van der Waals surface area (Å²) < 4.78 is 22.3. The first-order chi connectivity index (χ1) is 6.50. The van der Waals surface area contributed by atoms with Gasteiger partial charge in [0, 0.05) is 11.4 Å². The van der Waals surface area contributed by atoms with Crippen molar-refractivity contribution in [1.82, 2.24) is 5.32 Å². The Kier molecular flexibility index (Phi) is 1.88. The molecule has 0 aromatic rings. The summed E-state index contributed by atoms with van der Waals surface area (Å²) in [6, 6.07) is 0.194. The number of carbonyl (C=O) groups excluding carboxylic acids is 1. The monoisotopic (exact) mass is 214 g/mol. The zero-order valence-electron chi connectivity index (χ0n) is 7.36.